The third kappa shape index (κ3) is 4.89. The average molecular weight is 338 g/mol. The summed E-state index contributed by atoms with van der Waals surface area (Å²) in [4.78, 5) is 28.1. The minimum Gasteiger partial charge on any atom is -0.461 e. The Kier molecular flexibility index (Phi) is 6.97. The van der Waals surface area contributed by atoms with E-state index >= 15 is 0 Å². The second-order valence-corrected chi connectivity index (χ2v) is 4.72. The van der Waals surface area contributed by atoms with Gasteiger partial charge >= 0.3 is 5.97 Å². The molecule has 2 unspecified atom stereocenters. The van der Waals surface area contributed by atoms with Gasteiger partial charge in [0, 0.05) is 0 Å². The molecule has 0 N–H and O–H groups in total. The number of oxime groups is 1. The van der Waals surface area contributed by atoms with E-state index < -0.39 is 29.7 Å². The largest absolute Gasteiger partial charge is 0.461 e. The SMILES string of the molecule is CCOC(=O)/C(=N/OC1CCCCC1F)C(=O)CBr. The number of halogens is 2. The summed E-state index contributed by atoms with van der Waals surface area (Å²) in [7, 11) is 0. The summed E-state index contributed by atoms with van der Waals surface area (Å²) in [5.41, 5.74) is -0.434. The van der Waals surface area contributed by atoms with Crippen LogP contribution in [-0.4, -0.2) is 41.7 Å². The van der Waals surface area contributed by atoms with Gasteiger partial charge in [-0.05, 0) is 26.2 Å². The maximum Gasteiger partial charge on any atom is 0.364 e. The standard InChI is InChI=1S/C12H17BrFNO4/c1-2-18-12(17)11(9(16)7-13)15-19-10-6-4-3-5-8(10)14/h8,10H,2-7H2,1H3/b15-11+. The van der Waals surface area contributed by atoms with Crippen molar-refractivity contribution < 1.29 is 23.6 Å². The topological polar surface area (TPSA) is 65.0 Å². The van der Waals surface area contributed by atoms with Crippen molar-refractivity contribution in [3.8, 4) is 0 Å². The van der Waals surface area contributed by atoms with Crippen molar-refractivity contribution in [2.24, 2.45) is 5.16 Å². The van der Waals surface area contributed by atoms with Gasteiger partial charge in [-0.1, -0.05) is 27.5 Å². The van der Waals surface area contributed by atoms with Crippen LogP contribution in [-0.2, 0) is 19.2 Å². The highest BCUT2D eigenvalue weighted by Gasteiger charge is 2.28. The zero-order chi connectivity index (χ0) is 14.3. The fourth-order valence-corrected chi connectivity index (χ4v) is 2.02. The van der Waals surface area contributed by atoms with E-state index in [4.69, 9.17) is 9.57 Å². The zero-order valence-corrected chi connectivity index (χ0v) is 12.3. The van der Waals surface area contributed by atoms with E-state index in [0.29, 0.717) is 12.8 Å². The average Bonchev–Trinajstić information content (AvgIpc) is 2.41. The van der Waals surface area contributed by atoms with Crippen LogP contribution in [0.1, 0.15) is 32.6 Å². The molecular weight excluding hydrogens is 321 g/mol. The Bertz CT molecular complexity index is 362. The molecule has 0 aromatic rings. The third-order valence-corrected chi connectivity index (χ3v) is 3.26. The monoisotopic (exact) mass is 337 g/mol. The van der Waals surface area contributed by atoms with Crippen molar-refractivity contribution in [3.63, 3.8) is 0 Å². The fraction of sp³-hybridized carbons (Fsp3) is 0.750. The molecule has 0 aliphatic heterocycles. The number of ketones is 1. The summed E-state index contributed by atoms with van der Waals surface area (Å²) in [6.45, 7) is 1.75. The molecule has 1 aliphatic rings. The number of rotatable bonds is 6. The normalized spacial score (nSPS) is 23.8. The number of ether oxygens (including phenoxy) is 1. The van der Waals surface area contributed by atoms with Crippen LogP contribution in [0.3, 0.4) is 0 Å². The molecule has 108 valence electrons. The third-order valence-electron chi connectivity index (χ3n) is 2.76. The Labute approximate surface area is 119 Å². The van der Waals surface area contributed by atoms with Gasteiger partial charge in [-0.15, -0.1) is 0 Å². The van der Waals surface area contributed by atoms with Crippen LogP contribution in [0.15, 0.2) is 5.16 Å². The van der Waals surface area contributed by atoms with Gasteiger partial charge in [-0.3, -0.25) is 4.79 Å². The lowest BCUT2D eigenvalue weighted by atomic mass is 9.96. The molecule has 7 heteroatoms. The predicted molar refractivity (Wildman–Crippen MR) is 71.1 cm³/mol. The van der Waals surface area contributed by atoms with Crippen LogP contribution >= 0.6 is 15.9 Å². The maximum atomic E-state index is 13.5. The molecule has 0 aromatic carbocycles. The molecule has 1 aliphatic carbocycles. The van der Waals surface area contributed by atoms with E-state index in [1.54, 1.807) is 6.92 Å². The molecule has 1 saturated carbocycles. The van der Waals surface area contributed by atoms with Crippen molar-refractivity contribution in [2.75, 3.05) is 11.9 Å². The van der Waals surface area contributed by atoms with Gasteiger partial charge in [0.25, 0.3) is 0 Å². The number of hydrogen-bond donors (Lipinski definition) is 0. The Morgan fingerprint density at radius 1 is 1.37 bits per heavy atom. The van der Waals surface area contributed by atoms with Crippen molar-refractivity contribution in [1.82, 2.24) is 0 Å². The summed E-state index contributed by atoms with van der Waals surface area (Å²) < 4.78 is 18.2. The lowest BCUT2D eigenvalue weighted by Crippen LogP contribution is -2.31. The molecule has 2 atom stereocenters. The highest BCUT2D eigenvalue weighted by atomic mass is 79.9. The van der Waals surface area contributed by atoms with Crippen LogP contribution in [0.25, 0.3) is 0 Å². The number of nitrogens with zero attached hydrogens (tertiary/aromatic N) is 1. The lowest BCUT2D eigenvalue weighted by Gasteiger charge is -2.23. The molecule has 19 heavy (non-hydrogen) atoms. The molecule has 0 heterocycles. The first kappa shape index (κ1) is 16.1. The Morgan fingerprint density at radius 2 is 2.05 bits per heavy atom. The first-order valence-corrected chi connectivity index (χ1v) is 7.36. The van der Waals surface area contributed by atoms with Gasteiger partial charge in [-0.2, -0.15) is 0 Å². The van der Waals surface area contributed by atoms with Gasteiger partial charge in [-0.25, -0.2) is 9.18 Å². The summed E-state index contributed by atoms with van der Waals surface area (Å²) in [6.07, 6.45) is 0.809. The summed E-state index contributed by atoms with van der Waals surface area (Å²) in [5, 5.41) is 3.44. The fourth-order valence-electron chi connectivity index (χ4n) is 1.76. The van der Waals surface area contributed by atoms with Crippen molar-refractivity contribution in [2.45, 2.75) is 44.9 Å². The minimum absolute atomic E-state index is 0.0717. The minimum atomic E-state index is -1.11. The Morgan fingerprint density at radius 3 is 2.63 bits per heavy atom. The molecule has 0 spiro atoms. The smallest absolute Gasteiger partial charge is 0.364 e. The molecule has 0 amide bonds. The highest BCUT2D eigenvalue weighted by molar-refractivity contribution is 9.09. The molecular formula is C12H17BrFNO4. The van der Waals surface area contributed by atoms with E-state index in [2.05, 4.69) is 21.1 Å². The number of carbonyl (C=O) groups excluding carboxylic acids is 2. The van der Waals surface area contributed by atoms with E-state index in [-0.39, 0.29) is 11.9 Å². The van der Waals surface area contributed by atoms with E-state index in [1.165, 1.54) is 0 Å². The first-order chi connectivity index (χ1) is 9.10. The Balaban J connectivity index is 2.70. The van der Waals surface area contributed by atoms with Gasteiger partial charge in [0.05, 0.1) is 11.9 Å². The molecule has 1 rings (SSSR count). The summed E-state index contributed by atoms with van der Waals surface area (Å²) in [5.74, 6) is -1.40. The molecule has 0 bridgehead atoms. The maximum absolute atomic E-state index is 13.5. The van der Waals surface area contributed by atoms with Gasteiger partial charge in [0.2, 0.25) is 11.5 Å². The van der Waals surface area contributed by atoms with Crippen molar-refractivity contribution >= 4 is 33.4 Å². The number of Topliss-reactive ketones (excluding diaryl/α,β-unsaturated/α-hetero) is 1. The van der Waals surface area contributed by atoms with Gasteiger partial charge < -0.3 is 9.57 Å². The lowest BCUT2D eigenvalue weighted by molar-refractivity contribution is -0.136. The number of esters is 1. The zero-order valence-electron chi connectivity index (χ0n) is 10.7. The van der Waals surface area contributed by atoms with Crippen LogP contribution in [0, 0.1) is 0 Å². The first-order valence-electron chi connectivity index (χ1n) is 6.24. The number of alkyl halides is 2. The van der Waals surface area contributed by atoms with Crippen LogP contribution < -0.4 is 0 Å². The molecule has 5 nitrogen and oxygen atoms in total. The Hall–Kier alpha value is -0.980. The van der Waals surface area contributed by atoms with E-state index in [0.717, 1.165) is 12.8 Å². The number of carbonyl (C=O) groups is 2. The van der Waals surface area contributed by atoms with Crippen LogP contribution in [0.4, 0.5) is 4.39 Å². The van der Waals surface area contributed by atoms with Crippen molar-refractivity contribution in [1.29, 1.82) is 0 Å². The predicted octanol–water partition coefficient (Wildman–Crippen LogP) is 2.17. The molecule has 0 saturated heterocycles. The van der Waals surface area contributed by atoms with Crippen LogP contribution in [0.5, 0.6) is 0 Å². The summed E-state index contributed by atoms with van der Waals surface area (Å²) in [6, 6.07) is 0. The van der Waals surface area contributed by atoms with E-state index in [9.17, 15) is 14.0 Å². The second-order valence-electron chi connectivity index (χ2n) is 4.16. The van der Waals surface area contributed by atoms with Gasteiger partial charge in [0.1, 0.15) is 6.17 Å². The second kappa shape index (κ2) is 8.24. The number of hydrogen-bond acceptors (Lipinski definition) is 5. The molecule has 0 aromatic heterocycles. The quantitative estimate of drug-likeness (QED) is 0.245. The summed E-state index contributed by atoms with van der Waals surface area (Å²) >= 11 is 2.94. The van der Waals surface area contributed by atoms with Crippen molar-refractivity contribution in [3.05, 3.63) is 0 Å². The highest BCUT2D eigenvalue weighted by Crippen LogP contribution is 2.23. The van der Waals surface area contributed by atoms with Crippen LogP contribution in [0.2, 0.25) is 0 Å². The van der Waals surface area contributed by atoms with Gasteiger partial charge in [0.15, 0.2) is 6.10 Å². The molecule has 0 radical (unpaired) electrons. The van der Waals surface area contributed by atoms with E-state index in [1.807, 2.05) is 0 Å². The molecule has 1 fully saturated rings.